The number of hydrogen-bond donors (Lipinski definition) is 0. The summed E-state index contributed by atoms with van der Waals surface area (Å²) in [6.45, 7) is 1.61. The van der Waals surface area contributed by atoms with Crippen molar-refractivity contribution in [2.75, 3.05) is 6.67 Å². The van der Waals surface area contributed by atoms with E-state index in [1.807, 2.05) is 0 Å². The molecule has 1 rings (SSSR count). The Hall–Kier alpha value is -1.19. The van der Waals surface area contributed by atoms with Gasteiger partial charge in [-0.15, -0.1) is 0 Å². The van der Waals surface area contributed by atoms with Crippen molar-refractivity contribution in [3.8, 4) is 5.75 Å². The summed E-state index contributed by atoms with van der Waals surface area (Å²) in [6.07, 6.45) is -3.77. The lowest BCUT2D eigenvalue weighted by Gasteiger charge is -2.15. The number of benzene rings is 1. The van der Waals surface area contributed by atoms with Gasteiger partial charge in [0.2, 0.25) is 0 Å². The zero-order valence-electron chi connectivity index (χ0n) is 6.77. The van der Waals surface area contributed by atoms with Crippen LogP contribution in [0.15, 0.2) is 24.3 Å². The predicted octanol–water partition coefficient (Wildman–Crippen LogP) is 2.81. The zero-order valence-corrected chi connectivity index (χ0v) is 6.77. The molecule has 0 heterocycles. The minimum absolute atomic E-state index is 0.106. The summed E-state index contributed by atoms with van der Waals surface area (Å²) in [4.78, 5) is 0. The van der Waals surface area contributed by atoms with Crippen LogP contribution in [0.25, 0.3) is 0 Å². The van der Waals surface area contributed by atoms with Crippen LogP contribution in [0.1, 0.15) is 5.56 Å². The summed E-state index contributed by atoms with van der Waals surface area (Å²) in [5.74, 6) is -0.106. The van der Waals surface area contributed by atoms with Crippen molar-refractivity contribution < 1.29 is 17.9 Å². The first-order valence-corrected chi connectivity index (χ1v) is 3.59. The highest BCUT2D eigenvalue weighted by Crippen LogP contribution is 2.24. The fraction of sp³-hybridized carbons (Fsp3) is 0.222. The van der Waals surface area contributed by atoms with E-state index in [1.54, 1.807) is 6.07 Å². The largest absolute Gasteiger partial charge is 0.430 e. The van der Waals surface area contributed by atoms with Gasteiger partial charge in [-0.1, -0.05) is 18.2 Å². The van der Waals surface area contributed by atoms with Crippen molar-refractivity contribution in [1.82, 2.24) is 0 Å². The van der Waals surface area contributed by atoms with Gasteiger partial charge in [0.05, 0.1) is 0 Å². The minimum atomic E-state index is -3.77. The minimum Gasteiger partial charge on any atom is -0.430 e. The summed E-state index contributed by atoms with van der Waals surface area (Å²) >= 11 is 0. The second-order valence-corrected chi connectivity index (χ2v) is 2.48. The monoisotopic (exact) mass is 189 g/mol. The third-order valence-corrected chi connectivity index (χ3v) is 1.39. The second-order valence-electron chi connectivity index (χ2n) is 2.48. The molecule has 1 radical (unpaired) electrons. The third kappa shape index (κ3) is 2.65. The Morgan fingerprint density at radius 1 is 1.31 bits per heavy atom. The maximum absolute atomic E-state index is 12.4. The predicted molar refractivity (Wildman–Crippen MR) is 42.5 cm³/mol. The van der Waals surface area contributed by atoms with E-state index in [9.17, 15) is 13.2 Å². The molecule has 1 nitrogen and oxygen atoms in total. The maximum atomic E-state index is 12.4. The molecule has 0 aromatic heterocycles. The molecule has 0 spiro atoms. The molecular weight excluding hydrogens is 181 g/mol. The lowest BCUT2D eigenvalue weighted by molar-refractivity contribution is -0.186. The lowest BCUT2D eigenvalue weighted by Crippen LogP contribution is -2.27. The van der Waals surface area contributed by atoms with Crippen LogP contribution in [0.5, 0.6) is 5.75 Å². The van der Waals surface area contributed by atoms with Crippen molar-refractivity contribution in [3.63, 3.8) is 0 Å². The first kappa shape index (κ1) is 9.89. The summed E-state index contributed by atoms with van der Waals surface area (Å²) in [7, 11) is 0. The smallest absolute Gasteiger partial charge is 0.427 e. The van der Waals surface area contributed by atoms with Crippen molar-refractivity contribution in [3.05, 3.63) is 36.8 Å². The van der Waals surface area contributed by atoms with Gasteiger partial charge in [0, 0.05) is 0 Å². The molecule has 13 heavy (non-hydrogen) atoms. The van der Waals surface area contributed by atoms with E-state index in [0.29, 0.717) is 5.56 Å². The Morgan fingerprint density at radius 2 is 1.92 bits per heavy atom. The van der Waals surface area contributed by atoms with Gasteiger partial charge in [-0.25, -0.2) is 4.39 Å². The van der Waals surface area contributed by atoms with Gasteiger partial charge in [0.25, 0.3) is 0 Å². The average Bonchev–Trinajstić information content (AvgIpc) is 2.09. The highest BCUT2D eigenvalue weighted by Gasteiger charge is 2.31. The van der Waals surface area contributed by atoms with E-state index in [4.69, 9.17) is 0 Å². The lowest BCUT2D eigenvalue weighted by atomic mass is 10.2. The fourth-order valence-electron chi connectivity index (χ4n) is 0.792. The van der Waals surface area contributed by atoms with Crippen LogP contribution in [0.3, 0.4) is 0 Å². The molecule has 1 aromatic rings. The van der Waals surface area contributed by atoms with Gasteiger partial charge in [-0.3, -0.25) is 0 Å². The molecule has 0 aliphatic carbocycles. The molecule has 4 heteroatoms. The number of rotatable bonds is 3. The van der Waals surface area contributed by atoms with Gasteiger partial charge in [0.15, 0.2) is 6.67 Å². The number of halogens is 3. The van der Waals surface area contributed by atoms with Crippen molar-refractivity contribution in [1.29, 1.82) is 0 Å². The first-order chi connectivity index (χ1) is 6.05. The van der Waals surface area contributed by atoms with Crippen LogP contribution in [0.4, 0.5) is 13.2 Å². The highest BCUT2D eigenvalue weighted by atomic mass is 19.3. The van der Waals surface area contributed by atoms with E-state index in [1.165, 1.54) is 18.2 Å². The van der Waals surface area contributed by atoms with Gasteiger partial charge in [0.1, 0.15) is 5.75 Å². The molecule has 0 aliphatic rings. The Labute approximate surface area is 74.1 Å². The van der Waals surface area contributed by atoms with Crippen molar-refractivity contribution in [2.24, 2.45) is 0 Å². The van der Waals surface area contributed by atoms with Gasteiger partial charge in [-0.2, -0.15) is 8.78 Å². The standard InChI is InChI=1S/C9H8F3O/c1-7-4-2-3-5-8(7)13-9(11,12)6-10/h2-5H,1,6H2. The van der Waals surface area contributed by atoms with Crippen LogP contribution in [-0.4, -0.2) is 12.8 Å². The quantitative estimate of drug-likeness (QED) is 0.710. The number of ether oxygens (including phenoxy) is 1. The third-order valence-electron chi connectivity index (χ3n) is 1.39. The zero-order chi connectivity index (χ0) is 9.90. The molecule has 0 fully saturated rings. The number of alkyl halides is 3. The van der Waals surface area contributed by atoms with Gasteiger partial charge >= 0.3 is 6.11 Å². The Bertz CT molecular complexity index is 286. The SMILES string of the molecule is [CH2]c1ccccc1OC(F)(F)CF. The molecule has 0 N–H and O–H groups in total. The van der Waals surface area contributed by atoms with E-state index >= 15 is 0 Å². The van der Waals surface area contributed by atoms with E-state index in [-0.39, 0.29) is 5.75 Å². The average molecular weight is 189 g/mol. The number of hydrogen-bond acceptors (Lipinski definition) is 1. The molecule has 0 saturated heterocycles. The summed E-state index contributed by atoms with van der Waals surface area (Å²) in [6, 6.07) is 5.96. The molecular formula is C9H8F3O. The molecule has 1 aromatic carbocycles. The molecule has 0 aliphatic heterocycles. The normalized spacial score (nSPS) is 11.4. The fourth-order valence-corrected chi connectivity index (χ4v) is 0.792. The van der Waals surface area contributed by atoms with Crippen LogP contribution < -0.4 is 4.74 Å². The van der Waals surface area contributed by atoms with Crippen molar-refractivity contribution >= 4 is 0 Å². The Balaban J connectivity index is 2.80. The molecule has 0 saturated carbocycles. The van der Waals surface area contributed by atoms with E-state index in [0.717, 1.165) is 0 Å². The summed E-state index contributed by atoms with van der Waals surface area (Å²) < 4.78 is 40.6. The highest BCUT2D eigenvalue weighted by molar-refractivity contribution is 5.35. The molecule has 0 atom stereocenters. The summed E-state index contributed by atoms with van der Waals surface area (Å²) in [5, 5.41) is 0. The Kier molecular flexibility index (Phi) is 2.80. The van der Waals surface area contributed by atoms with Gasteiger partial charge < -0.3 is 4.74 Å². The van der Waals surface area contributed by atoms with E-state index < -0.39 is 12.8 Å². The summed E-state index contributed by atoms with van der Waals surface area (Å²) in [5.41, 5.74) is 0.302. The topological polar surface area (TPSA) is 9.23 Å². The number of para-hydroxylation sites is 1. The second kappa shape index (κ2) is 3.68. The van der Waals surface area contributed by atoms with Gasteiger partial charge in [-0.05, 0) is 18.6 Å². The van der Waals surface area contributed by atoms with Crippen LogP contribution >= 0.6 is 0 Å². The molecule has 71 valence electrons. The van der Waals surface area contributed by atoms with Crippen LogP contribution in [0, 0.1) is 6.92 Å². The van der Waals surface area contributed by atoms with Crippen LogP contribution in [-0.2, 0) is 0 Å². The Morgan fingerprint density at radius 3 is 2.46 bits per heavy atom. The first-order valence-electron chi connectivity index (χ1n) is 3.59. The molecule has 0 unspecified atom stereocenters. The molecule has 0 bridgehead atoms. The van der Waals surface area contributed by atoms with E-state index in [2.05, 4.69) is 11.7 Å². The molecule has 0 amide bonds. The maximum Gasteiger partial charge on any atom is 0.427 e. The van der Waals surface area contributed by atoms with Crippen LogP contribution in [0.2, 0.25) is 0 Å². The van der Waals surface area contributed by atoms with Crippen molar-refractivity contribution in [2.45, 2.75) is 6.11 Å².